The van der Waals surface area contributed by atoms with Gasteiger partial charge in [-0.25, -0.2) is 0 Å². The maximum Gasteiger partial charge on any atom is 0.223 e. The number of likely N-dealkylation sites (tertiary alicyclic amines) is 1. The maximum atomic E-state index is 11.8. The first kappa shape index (κ1) is 11.9. The van der Waals surface area contributed by atoms with Gasteiger partial charge >= 0.3 is 0 Å². The molecule has 0 aromatic carbocycles. The van der Waals surface area contributed by atoms with Gasteiger partial charge in [0.15, 0.2) is 0 Å². The monoisotopic (exact) mass is 226 g/mol. The highest BCUT2D eigenvalue weighted by atomic mass is 16.3. The second-order valence-corrected chi connectivity index (χ2v) is 4.99. The molecule has 0 aromatic rings. The second kappa shape index (κ2) is 5.64. The predicted octanol–water partition coefficient (Wildman–Crippen LogP) is 0.359. The first-order valence-corrected chi connectivity index (χ1v) is 6.41. The average molecular weight is 226 g/mol. The lowest BCUT2D eigenvalue weighted by Gasteiger charge is -2.31. The van der Waals surface area contributed by atoms with E-state index in [0.29, 0.717) is 18.4 Å². The van der Waals surface area contributed by atoms with Crippen LogP contribution in [-0.2, 0) is 4.79 Å². The summed E-state index contributed by atoms with van der Waals surface area (Å²) in [5.74, 6) is 0.679. The van der Waals surface area contributed by atoms with Crippen molar-refractivity contribution in [3.05, 3.63) is 0 Å². The van der Waals surface area contributed by atoms with Crippen molar-refractivity contribution in [2.24, 2.45) is 5.92 Å². The molecule has 2 aliphatic rings. The van der Waals surface area contributed by atoms with E-state index in [1.54, 1.807) is 0 Å². The van der Waals surface area contributed by atoms with Gasteiger partial charge < -0.3 is 15.3 Å². The van der Waals surface area contributed by atoms with Crippen LogP contribution in [0.3, 0.4) is 0 Å². The molecule has 4 heteroatoms. The number of rotatable bonds is 5. The van der Waals surface area contributed by atoms with E-state index in [0.717, 1.165) is 32.5 Å². The summed E-state index contributed by atoms with van der Waals surface area (Å²) in [6.07, 6.45) is 5.09. The Kier molecular flexibility index (Phi) is 4.18. The number of piperidine rings is 1. The topological polar surface area (TPSA) is 52.6 Å². The zero-order chi connectivity index (χ0) is 11.4. The molecule has 2 rings (SSSR count). The molecule has 1 heterocycles. The third-order valence-corrected chi connectivity index (χ3v) is 3.57. The van der Waals surface area contributed by atoms with Gasteiger partial charge in [-0.2, -0.15) is 0 Å². The Balaban J connectivity index is 1.61. The van der Waals surface area contributed by atoms with Crippen molar-refractivity contribution in [2.75, 3.05) is 26.2 Å². The summed E-state index contributed by atoms with van der Waals surface area (Å²) >= 11 is 0. The SMILES string of the molecule is O=C(CCNC1CC1)N1CCC(CO)CC1. The van der Waals surface area contributed by atoms with Crippen LogP contribution in [0, 0.1) is 5.92 Å². The number of carbonyl (C=O) groups excluding carboxylic acids is 1. The smallest absolute Gasteiger partial charge is 0.223 e. The van der Waals surface area contributed by atoms with E-state index in [2.05, 4.69) is 5.32 Å². The highest BCUT2D eigenvalue weighted by Gasteiger charge is 2.23. The molecule has 1 saturated carbocycles. The molecule has 0 bridgehead atoms. The van der Waals surface area contributed by atoms with Crippen molar-refractivity contribution in [1.29, 1.82) is 0 Å². The molecule has 92 valence electrons. The van der Waals surface area contributed by atoms with Gasteiger partial charge in [0.1, 0.15) is 0 Å². The van der Waals surface area contributed by atoms with Crippen LogP contribution >= 0.6 is 0 Å². The molecular weight excluding hydrogens is 204 g/mol. The lowest BCUT2D eigenvalue weighted by atomic mass is 9.98. The molecule has 0 atom stereocenters. The molecule has 0 radical (unpaired) electrons. The Morgan fingerprint density at radius 3 is 2.50 bits per heavy atom. The highest BCUT2D eigenvalue weighted by Crippen LogP contribution is 2.19. The molecule has 0 unspecified atom stereocenters. The average Bonchev–Trinajstić information content (AvgIpc) is 3.13. The molecule has 1 amide bonds. The highest BCUT2D eigenvalue weighted by molar-refractivity contribution is 5.76. The summed E-state index contributed by atoms with van der Waals surface area (Å²) in [5.41, 5.74) is 0. The number of nitrogens with one attached hydrogen (secondary N) is 1. The Labute approximate surface area is 97.0 Å². The van der Waals surface area contributed by atoms with E-state index in [9.17, 15) is 4.79 Å². The predicted molar refractivity (Wildman–Crippen MR) is 62.0 cm³/mol. The van der Waals surface area contributed by atoms with Crippen molar-refractivity contribution in [3.8, 4) is 0 Å². The van der Waals surface area contributed by atoms with Crippen LogP contribution in [0.2, 0.25) is 0 Å². The standard InChI is InChI=1S/C12H22N2O2/c15-9-10-4-7-14(8-5-10)12(16)3-6-13-11-1-2-11/h10-11,13,15H,1-9H2. The van der Waals surface area contributed by atoms with Gasteiger partial charge in [-0.1, -0.05) is 0 Å². The Morgan fingerprint density at radius 1 is 1.25 bits per heavy atom. The number of nitrogens with zero attached hydrogens (tertiary/aromatic N) is 1. The van der Waals surface area contributed by atoms with Gasteiger partial charge in [-0.05, 0) is 31.6 Å². The lowest BCUT2D eigenvalue weighted by molar-refractivity contribution is -0.132. The maximum absolute atomic E-state index is 11.8. The summed E-state index contributed by atoms with van der Waals surface area (Å²) in [6.45, 7) is 2.75. The van der Waals surface area contributed by atoms with Crippen molar-refractivity contribution in [1.82, 2.24) is 10.2 Å². The fourth-order valence-electron chi connectivity index (χ4n) is 2.19. The van der Waals surface area contributed by atoms with Crippen LogP contribution < -0.4 is 5.32 Å². The summed E-state index contributed by atoms with van der Waals surface area (Å²) in [7, 11) is 0. The van der Waals surface area contributed by atoms with E-state index >= 15 is 0 Å². The number of amides is 1. The van der Waals surface area contributed by atoms with Gasteiger partial charge in [-0.3, -0.25) is 4.79 Å². The quantitative estimate of drug-likeness (QED) is 0.711. The first-order valence-electron chi connectivity index (χ1n) is 6.41. The van der Waals surface area contributed by atoms with Crippen molar-refractivity contribution in [3.63, 3.8) is 0 Å². The van der Waals surface area contributed by atoms with E-state index in [4.69, 9.17) is 5.11 Å². The Hall–Kier alpha value is -0.610. The zero-order valence-corrected chi connectivity index (χ0v) is 9.82. The molecule has 2 N–H and O–H groups in total. The van der Waals surface area contributed by atoms with Crippen LogP contribution in [0.25, 0.3) is 0 Å². The largest absolute Gasteiger partial charge is 0.396 e. The molecule has 0 aromatic heterocycles. The fraction of sp³-hybridized carbons (Fsp3) is 0.917. The summed E-state index contributed by atoms with van der Waals surface area (Å²) in [5, 5.41) is 12.4. The summed E-state index contributed by atoms with van der Waals surface area (Å²) in [4.78, 5) is 13.8. The van der Waals surface area contributed by atoms with E-state index in [-0.39, 0.29) is 12.5 Å². The van der Waals surface area contributed by atoms with Gasteiger partial charge in [0.2, 0.25) is 5.91 Å². The first-order chi connectivity index (χ1) is 7.79. The van der Waals surface area contributed by atoms with Gasteiger partial charge in [0.05, 0.1) is 0 Å². The molecule has 1 saturated heterocycles. The number of hydrogen-bond donors (Lipinski definition) is 2. The van der Waals surface area contributed by atoms with Crippen molar-refractivity contribution < 1.29 is 9.90 Å². The molecule has 4 nitrogen and oxygen atoms in total. The molecule has 0 spiro atoms. The van der Waals surface area contributed by atoms with Crippen LogP contribution in [-0.4, -0.2) is 48.2 Å². The summed E-state index contributed by atoms with van der Waals surface area (Å²) in [6, 6.07) is 0.688. The van der Waals surface area contributed by atoms with Gasteiger partial charge in [0.25, 0.3) is 0 Å². The fourth-order valence-corrected chi connectivity index (χ4v) is 2.19. The van der Waals surface area contributed by atoms with E-state index < -0.39 is 0 Å². The summed E-state index contributed by atoms with van der Waals surface area (Å²) < 4.78 is 0. The van der Waals surface area contributed by atoms with Gasteiger partial charge in [0, 0.05) is 38.7 Å². The minimum atomic E-state index is 0.268. The third kappa shape index (κ3) is 3.46. The molecule has 1 aliphatic heterocycles. The molecule has 2 fully saturated rings. The lowest BCUT2D eigenvalue weighted by Crippen LogP contribution is -2.40. The minimum Gasteiger partial charge on any atom is -0.396 e. The van der Waals surface area contributed by atoms with Crippen molar-refractivity contribution in [2.45, 2.75) is 38.1 Å². The number of carbonyl (C=O) groups is 1. The number of hydrogen-bond acceptors (Lipinski definition) is 3. The molecular formula is C12H22N2O2. The zero-order valence-electron chi connectivity index (χ0n) is 9.82. The third-order valence-electron chi connectivity index (χ3n) is 3.57. The number of aliphatic hydroxyl groups excluding tert-OH is 1. The minimum absolute atomic E-state index is 0.268. The van der Waals surface area contributed by atoms with Crippen LogP contribution in [0.5, 0.6) is 0 Å². The Morgan fingerprint density at radius 2 is 1.94 bits per heavy atom. The van der Waals surface area contributed by atoms with Crippen LogP contribution in [0.1, 0.15) is 32.1 Å². The number of aliphatic hydroxyl groups is 1. The second-order valence-electron chi connectivity index (χ2n) is 4.99. The van der Waals surface area contributed by atoms with Crippen LogP contribution in [0.15, 0.2) is 0 Å². The Bertz CT molecular complexity index is 233. The van der Waals surface area contributed by atoms with E-state index in [1.165, 1.54) is 12.8 Å². The normalized spacial score (nSPS) is 22.4. The van der Waals surface area contributed by atoms with Crippen LogP contribution in [0.4, 0.5) is 0 Å². The van der Waals surface area contributed by atoms with Gasteiger partial charge in [-0.15, -0.1) is 0 Å². The van der Waals surface area contributed by atoms with Crippen molar-refractivity contribution >= 4 is 5.91 Å². The molecule has 1 aliphatic carbocycles. The molecule has 16 heavy (non-hydrogen) atoms. The van der Waals surface area contributed by atoms with E-state index in [1.807, 2.05) is 4.90 Å².